The number of aliphatic carboxylic acids is 1. The minimum Gasteiger partial charge on any atom is -0.479 e. The van der Waals surface area contributed by atoms with Crippen LogP contribution in [0.3, 0.4) is 0 Å². The molecule has 0 aliphatic heterocycles. The van der Waals surface area contributed by atoms with Crippen LogP contribution in [0.2, 0.25) is 0 Å². The lowest BCUT2D eigenvalue weighted by Gasteiger charge is -2.33. The van der Waals surface area contributed by atoms with Gasteiger partial charge in [-0.15, -0.1) is 0 Å². The lowest BCUT2D eigenvalue weighted by molar-refractivity contribution is -0.166. The Bertz CT molecular complexity index is 187. The maximum Gasteiger partial charge on any atom is 0.335 e. The first-order valence-electron chi connectivity index (χ1n) is 4.96. The van der Waals surface area contributed by atoms with Crippen molar-refractivity contribution < 1.29 is 14.6 Å². The molecule has 0 aromatic rings. The van der Waals surface area contributed by atoms with Crippen LogP contribution in [-0.2, 0) is 9.53 Å². The van der Waals surface area contributed by atoms with E-state index in [1.54, 1.807) is 6.92 Å². The fourth-order valence-corrected chi connectivity index (χ4v) is 1.77. The van der Waals surface area contributed by atoms with Crippen LogP contribution >= 0.6 is 0 Å². The Morgan fingerprint density at radius 3 is 2.54 bits per heavy atom. The minimum atomic E-state index is -0.958. The third-order valence-corrected chi connectivity index (χ3v) is 2.82. The van der Waals surface area contributed by atoms with Crippen LogP contribution in [0.4, 0.5) is 0 Å². The lowest BCUT2D eigenvalue weighted by atomic mass is 9.78. The van der Waals surface area contributed by atoms with Crippen molar-refractivity contribution in [2.45, 2.75) is 45.1 Å². The van der Waals surface area contributed by atoms with E-state index in [1.165, 1.54) is 6.42 Å². The summed E-state index contributed by atoms with van der Waals surface area (Å²) in [5.74, 6) is -0.270. The highest BCUT2D eigenvalue weighted by atomic mass is 16.5. The van der Waals surface area contributed by atoms with Gasteiger partial charge in [-0.1, -0.05) is 19.3 Å². The summed E-state index contributed by atoms with van der Waals surface area (Å²) in [6.07, 6.45) is 4.23. The summed E-state index contributed by atoms with van der Waals surface area (Å²) in [4.78, 5) is 11.0. The van der Waals surface area contributed by atoms with Gasteiger partial charge in [0.2, 0.25) is 0 Å². The quantitative estimate of drug-likeness (QED) is 0.714. The Balaban J connectivity index is 2.49. The Kier molecular flexibility index (Phi) is 3.31. The van der Waals surface area contributed by atoms with Gasteiger partial charge in [-0.05, 0) is 26.2 Å². The van der Waals surface area contributed by atoms with Crippen molar-refractivity contribution in [3.8, 4) is 0 Å². The predicted molar refractivity (Wildman–Crippen MR) is 49.6 cm³/mol. The van der Waals surface area contributed by atoms with Crippen molar-refractivity contribution in [1.29, 1.82) is 0 Å². The highest BCUT2D eigenvalue weighted by molar-refractivity contribution is 5.76. The van der Waals surface area contributed by atoms with Gasteiger partial charge in [-0.2, -0.15) is 0 Å². The average Bonchev–Trinajstić information content (AvgIpc) is 1.97. The molecule has 1 saturated carbocycles. The molecule has 3 heteroatoms. The van der Waals surface area contributed by atoms with E-state index in [-0.39, 0.29) is 0 Å². The number of hydrogen-bond acceptors (Lipinski definition) is 2. The van der Waals surface area contributed by atoms with E-state index in [2.05, 4.69) is 0 Å². The molecule has 3 nitrogen and oxygen atoms in total. The van der Waals surface area contributed by atoms with Crippen molar-refractivity contribution in [3.05, 3.63) is 0 Å². The van der Waals surface area contributed by atoms with Crippen LogP contribution in [0.1, 0.15) is 39.5 Å². The van der Waals surface area contributed by atoms with Crippen LogP contribution < -0.4 is 0 Å². The van der Waals surface area contributed by atoms with Crippen molar-refractivity contribution >= 4 is 5.97 Å². The first-order chi connectivity index (χ1) is 6.08. The van der Waals surface area contributed by atoms with Gasteiger partial charge in [0.1, 0.15) is 0 Å². The molecule has 0 aromatic heterocycles. The Morgan fingerprint density at radius 1 is 1.62 bits per heavy atom. The second-order valence-electron chi connectivity index (χ2n) is 3.97. The van der Waals surface area contributed by atoms with E-state index >= 15 is 0 Å². The summed E-state index contributed by atoms with van der Waals surface area (Å²) in [7, 11) is 0. The molecule has 1 unspecified atom stereocenters. The van der Waals surface area contributed by atoms with Gasteiger partial charge in [0, 0.05) is 6.61 Å². The van der Waals surface area contributed by atoms with Crippen LogP contribution in [-0.4, -0.2) is 23.3 Å². The van der Waals surface area contributed by atoms with Crippen molar-refractivity contribution in [2.24, 2.45) is 5.92 Å². The molecule has 0 spiro atoms. The molecule has 1 atom stereocenters. The number of rotatable bonds is 5. The number of ether oxygens (including phenoxy) is 1. The second kappa shape index (κ2) is 4.09. The number of hydrogen-bond donors (Lipinski definition) is 1. The van der Waals surface area contributed by atoms with E-state index in [1.807, 2.05) is 6.92 Å². The highest BCUT2D eigenvalue weighted by Crippen LogP contribution is 2.35. The van der Waals surface area contributed by atoms with Crippen LogP contribution in [0.5, 0.6) is 0 Å². The molecule has 1 fully saturated rings. The number of carboxylic acids is 1. The molecule has 0 amide bonds. The topological polar surface area (TPSA) is 46.5 Å². The van der Waals surface area contributed by atoms with Crippen molar-refractivity contribution in [2.75, 3.05) is 6.61 Å². The Morgan fingerprint density at radius 2 is 2.23 bits per heavy atom. The third kappa shape index (κ3) is 2.44. The zero-order valence-electron chi connectivity index (χ0n) is 8.38. The summed E-state index contributed by atoms with van der Waals surface area (Å²) < 4.78 is 5.30. The van der Waals surface area contributed by atoms with Crippen LogP contribution in [0.25, 0.3) is 0 Å². The van der Waals surface area contributed by atoms with E-state index in [4.69, 9.17) is 9.84 Å². The van der Waals surface area contributed by atoms with Gasteiger partial charge < -0.3 is 9.84 Å². The molecule has 0 heterocycles. The summed E-state index contributed by atoms with van der Waals surface area (Å²) >= 11 is 0. The largest absolute Gasteiger partial charge is 0.479 e. The zero-order valence-corrected chi connectivity index (χ0v) is 8.38. The normalized spacial score (nSPS) is 22.0. The number of carbonyl (C=O) groups is 1. The van der Waals surface area contributed by atoms with E-state index in [0.717, 1.165) is 12.8 Å². The first-order valence-corrected chi connectivity index (χ1v) is 4.96. The number of carboxylic acid groups (broad SMARTS) is 1. The first kappa shape index (κ1) is 10.5. The molecule has 1 aliphatic rings. The molecule has 1 N–H and O–H groups in total. The lowest BCUT2D eigenvalue weighted by Crippen LogP contribution is -2.41. The standard InChI is InChI=1S/C10H18O3/c1-3-13-10(2,9(11)12)7-8-5-4-6-8/h8H,3-7H2,1-2H3,(H,11,12). The fourth-order valence-electron chi connectivity index (χ4n) is 1.77. The van der Waals surface area contributed by atoms with Gasteiger partial charge in [-0.3, -0.25) is 0 Å². The van der Waals surface area contributed by atoms with E-state index < -0.39 is 11.6 Å². The summed E-state index contributed by atoms with van der Waals surface area (Å²) in [6.45, 7) is 3.98. The van der Waals surface area contributed by atoms with Gasteiger partial charge in [-0.25, -0.2) is 4.79 Å². The molecular formula is C10H18O3. The van der Waals surface area contributed by atoms with Gasteiger partial charge in [0.25, 0.3) is 0 Å². The summed E-state index contributed by atoms with van der Waals surface area (Å²) in [6, 6.07) is 0. The van der Waals surface area contributed by atoms with Crippen LogP contribution in [0, 0.1) is 5.92 Å². The van der Waals surface area contributed by atoms with Gasteiger partial charge in [0.15, 0.2) is 5.60 Å². The summed E-state index contributed by atoms with van der Waals surface area (Å²) in [5.41, 5.74) is -0.958. The van der Waals surface area contributed by atoms with Gasteiger partial charge in [0.05, 0.1) is 0 Å². The molecule has 76 valence electrons. The van der Waals surface area contributed by atoms with E-state index in [9.17, 15) is 4.79 Å². The second-order valence-corrected chi connectivity index (χ2v) is 3.97. The molecule has 0 radical (unpaired) electrons. The molecule has 1 rings (SSSR count). The monoisotopic (exact) mass is 186 g/mol. The zero-order chi connectivity index (χ0) is 9.90. The Hall–Kier alpha value is -0.570. The minimum absolute atomic E-state index is 0.468. The highest BCUT2D eigenvalue weighted by Gasteiger charge is 2.37. The molecule has 0 bridgehead atoms. The average molecular weight is 186 g/mol. The van der Waals surface area contributed by atoms with Crippen molar-refractivity contribution in [3.63, 3.8) is 0 Å². The maximum atomic E-state index is 11.0. The molecule has 0 aromatic carbocycles. The SMILES string of the molecule is CCOC(C)(CC1CCC1)C(=O)O. The maximum absolute atomic E-state index is 11.0. The van der Waals surface area contributed by atoms with E-state index in [0.29, 0.717) is 18.9 Å². The smallest absolute Gasteiger partial charge is 0.335 e. The van der Waals surface area contributed by atoms with Gasteiger partial charge >= 0.3 is 5.97 Å². The molecule has 0 saturated heterocycles. The fraction of sp³-hybridized carbons (Fsp3) is 0.900. The summed E-state index contributed by atoms with van der Waals surface area (Å²) in [5, 5.41) is 9.01. The molecular weight excluding hydrogens is 168 g/mol. The molecule has 1 aliphatic carbocycles. The third-order valence-electron chi connectivity index (χ3n) is 2.82. The molecule has 13 heavy (non-hydrogen) atoms. The Labute approximate surface area is 79.1 Å². The van der Waals surface area contributed by atoms with Crippen molar-refractivity contribution in [1.82, 2.24) is 0 Å². The van der Waals surface area contributed by atoms with Crippen LogP contribution in [0.15, 0.2) is 0 Å². The predicted octanol–water partition coefficient (Wildman–Crippen LogP) is 2.06.